The maximum absolute atomic E-state index is 6.44. The first-order valence-corrected chi connectivity index (χ1v) is 17.8. The number of benzene rings is 7. The van der Waals surface area contributed by atoms with Crippen molar-refractivity contribution in [2.45, 2.75) is 0 Å². The predicted octanol–water partition coefficient (Wildman–Crippen LogP) is 13.6. The molecular weight excluding hydrogens is 641 g/mol. The monoisotopic (exact) mass is 664 g/mol. The average Bonchev–Trinajstić information content (AvgIpc) is 3.93. The van der Waals surface area contributed by atoms with E-state index in [9.17, 15) is 0 Å². The Hall–Kier alpha value is -5.95. The van der Waals surface area contributed by atoms with Crippen LogP contribution in [-0.4, -0.2) is 4.98 Å². The van der Waals surface area contributed by atoms with Crippen LogP contribution < -0.4 is 4.90 Å². The summed E-state index contributed by atoms with van der Waals surface area (Å²) in [6, 6.07) is 51.1. The van der Waals surface area contributed by atoms with Gasteiger partial charge in [0, 0.05) is 60.0 Å². The van der Waals surface area contributed by atoms with Gasteiger partial charge in [-0.15, -0.1) is 22.7 Å². The number of hydrogen-bond donors (Lipinski definition) is 0. The van der Waals surface area contributed by atoms with Gasteiger partial charge in [0.2, 0.25) is 0 Å². The zero-order valence-electron chi connectivity index (χ0n) is 25.9. The lowest BCUT2D eigenvalue weighted by Gasteiger charge is -2.26. The molecule has 0 radical (unpaired) electrons. The van der Waals surface area contributed by atoms with Crippen molar-refractivity contribution in [3.8, 4) is 10.6 Å². The molecule has 4 nitrogen and oxygen atoms in total. The molecule has 4 aromatic heterocycles. The number of furan rings is 2. The van der Waals surface area contributed by atoms with Crippen molar-refractivity contribution in [2.24, 2.45) is 0 Å². The summed E-state index contributed by atoms with van der Waals surface area (Å²) in [4.78, 5) is 7.64. The van der Waals surface area contributed by atoms with Gasteiger partial charge in [0.05, 0.1) is 20.6 Å². The van der Waals surface area contributed by atoms with E-state index < -0.39 is 0 Å². The molecule has 230 valence electrons. The van der Waals surface area contributed by atoms with E-state index in [2.05, 4.69) is 126 Å². The summed E-state index contributed by atoms with van der Waals surface area (Å²) in [6.07, 6.45) is 0. The molecule has 0 fully saturated rings. The molecule has 0 saturated carbocycles. The quantitative estimate of drug-likeness (QED) is 0.188. The summed E-state index contributed by atoms with van der Waals surface area (Å²) in [5.41, 5.74) is 8.73. The third kappa shape index (κ3) is 4.05. The highest BCUT2D eigenvalue weighted by Gasteiger charge is 2.24. The summed E-state index contributed by atoms with van der Waals surface area (Å²) in [6.45, 7) is 0. The molecule has 0 spiro atoms. The fourth-order valence-corrected chi connectivity index (χ4v) is 9.65. The van der Waals surface area contributed by atoms with Crippen LogP contribution in [0.2, 0.25) is 0 Å². The Bertz CT molecular complexity index is 3080. The molecule has 0 aliphatic carbocycles. The number of nitrogens with zero attached hydrogens (tertiary/aromatic N) is 2. The molecule has 0 bridgehead atoms. The first-order valence-electron chi connectivity index (χ1n) is 16.2. The van der Waals surface area contributed by atoms with Gasteiger partial charge in [-0.2, -0.15) is 0 Å². The Morgan fingerprint density at radius 1 is 0.469 bits per heavy atom. The molecule has 0 aliphatic rings. The molecule has 49 heavy (non-hydrogen) atoms. The molecule has 11 rings (SSSR count). The van der Waals surface area contributed by atoms with Gasteiger partial charge in [0.15, 0.2) is 0 Å². The molecule has 0 saturated heterocycles. The Morgan fingerprint density at radius 2 is 1.10 bits per heavy atom. The lowest BCUT2D eigenvalue weighted by molar-refractivity contribution is 0.668. The van der Waals surface area contributed by atoms with Crippen LogP contribution in [0.25, 0.3) is 84.8 Å². The predicted molar refractivity (Wildman–Crippen MR) is 207 cm³/mol. The minimum atomic E-state index is 0.854. The largest absolute Gasteiger partial charge is 0.456 e. The van der Waals surface area contributed by atoms with Crippen LogP contribution in [0.5, 0.6) is 0 Å². The summed E-state index contributed by atoms with van der Waals surface area (Å²) in [7, 11) is 0. The normalized spacial score (nSPS) is 12.1. The van der Waals surface area contributed by atoms with Crippen molar-refractivity contribution in [3.05, 3.63) is 146 Å². The van der Waals surface area contributed by atoms with E-state index in [-0.39, 0.29) is 0 Å². The van der Waals surface area contributed by atoms with Crippen LogP contribution >= 0.6 is 22.7 Å². The van der Waals surface area contributed by atoms with Crippen molar-refractivity contribution in [3.63, 3.8) is 0 Å². The lowest BCUT2D eigenvalue weighted by Crippen LogP contribution is -2.10. The zero-order valence-corrected chi connectivity index (χ0v) is 27.5. The van der Waals surface area contributed by atoms with E-state index in [0.29, 0.717) is 0 Å². The second-order valence-corrected chi connectivity index (χ2v) is 14.4. The highest BCUT2D eigenvalue weighted by Crippen LogP contribution is 2.50. The van der Waals surface area contributed by atoms with Crippen LogP contribution in [-0.2, 0) is 0 Å². The molecule has 0 atom stereocenters. The molecule has 11 aromatic rings. The number of rotatable bonds is 4. The van der Waals surface area contributed by atoms with Crippen LogP contribution in [0.3, 0.4) is 0 Å². The minimum absolute atomic E-state index is 0.854. The van der Waals surface area contributed by atoms with E-state index in [1.807, 2.05) is 35.6 Å². The molecular formula is C43H24N2O2S2. The lowest BCUT2D eigenvalue weighted by atomic mass is 10.1. The first-order chi connectivity index (χ1) is 24.3. The summed E-state index contributed by atoms with van der Waals surface area (Å²) >= 11 is 3.61. The van der Waals surface area contributed by atoms with E-state index in [1.54, 1.807) is 11.3 Å². The minimum Gasteiger partial charge on any atom is -0.456 e. The number of anilines is 3. The summed E-state index contributed by atoms with van der Waals surface area (Å²) in [5, 5.41) is 7.92. The van der Waals surface area contributed by atoms with E-state index in [4.69, 9.17) is 13.8 Å². The van der Waals surface area contributed by atoms with Gasteiger partial charge in [-0.05, 0) is 54.6 Å². The summed E-state index contributed by atoms with van der Waals surface area (Å²) < 4.78 is 16.4. The van der Waals surface area contributed by atoms with Crippen molar-refractivity contribution in [1.29, 1.82) is 0 Å². The number of thiazole rings is 1. The third-order valence-corrected chi connectivity index (χ3v) is 11.8. The van der Waals surface area contributed by atoms with Crippen molar-refractivity contribution in [2.75, 3.05) is 4.90 Å². The Labute approximate surface area is 287 Å². The van der Waals surface area contributed by atoms with Gasteiger partial charge >= 0.3 is 0 Å². The highest BCUT2D eigenvalue weighted by molar-refractivity contribution is 7.28. The molecule has 7 aromatic carbocycles. The van der Waals surface area contributed by atoms with Gasteiger partial charge in [-0.3, -0.25) is 0 Å². The average molecular weight is 665 g/mol. The van der Waals surface area contributed by atoms with Gasteiger partial charge in [0.25, 0.3) is 0 Å². The van der Waals surface area contributed by atoms with Crippen molar-refractivity contribution < 1.29 is 8.83 Å². The maximum atomic E-state index is 6.44. The zero-order chi connectivity index (χ0) is 32.1. The number of aromatic nitrogens is 1. The Morgan fingerprint density at radius 3 is 1.94 bits per heavy atom. The topological polar surface area (TPSA) is 42.4 Å². The molecule has 0 amide bonds. The van der Waals surface area contributed by atoms with Crippen LogP contribution in [0, 0.1) is 0 Å². The van der Waals surface area contributed by atoms with Gasteiger partial charge < -0.3 is 13.7 Å². The van der Waals surface area contributed by atoms with E-state index in [0.717, 1.165) is 77.0 Å². The number of hydrogen-bond acceptors (Lipinski definition) is 6. The standard InChI is InChI=1S/C43H24N2O2S2/c1-2-10-25(11-3-1)43-44-33-24-34(42-40(41(33)49-43)31-14-6-9-17-39(31)48-42)45(26-19-21-37-32(22-26)29-13-5-8-16-36(29)46-37)27-18-20-30-28-12-4-7-15-35(28)47-38(30)23-27/h1-24H. The van der Waals surface area contributed by atoms with Crippen LogP contribution in [0.1, 0.15) is 0 Å². The number of thiophene rings is 1. The van der Waals surface area contributed by atoms with Crippen LogP contribution in [0.15, 0.2) is 154 Å². The smallest absolute Gasteiger partial charge is 0.137 e. The molecule has 6 heteroatoms. The second kappa shape index (κ2) is 10.3. The Kier molecular flexibility index (Phi) is 5.67. The van der Waals surface area contributed by atoms with Gasteiger partial charge in [-0.25, -0.2) is 4.98 Å². The molecule has 0 N–H and O–H groups in total. The fraction of sp³-hybridized carbons (Fsp3) is 0. The van der Waals surface area contributed by atoms with Crippen molar-refractivity contribution in [1.82, 2.24) is 4.98 Å². The van der Waals surface area contributed by atoms with Gasteiger partial charge in [-0.1, -0.05) is 84.9 Å². The Balaban J connectivity index is 1.24. The SMILES string of the molecule is c1ccc(-c2nc3cc(N(c4ccc5c(c4)oc4ccccc45)c4ccc5oc6ccccc6c5c4)c4sc5ccccc5c4c3s2)cc1. The van der Waals surface area contributed by atoms with Crippen molar-refractivity contribution >= 4 is 114 Å². The summed E-state index contributed by atoms with van der Waals surface area (Å²) in [5.74, 6) is 0. The number of fused-ring (bicyclic) bond motifs is 11. The third-order valence-electron chi connectivity index (χ3n) is 9.48. The highest BCUT2D eigenvalue weighted by atomic mass is 32.1. The number of para-hydroxylation sites is 2. The second-order valence-electron chi connectivity index (χ2n) is 12.3. The molecule has 0 unspecified atom stereocenters. The van der Waals surface area contributed by atoms with Gasteiger partial charge in [0.1, 0.15) is 27.3 Å². The first kappa shape index (κ1) is 27.0. The van der Waals surface area contributed by atoms with Crippen LogP contribution in [0.4, 0.5) is 17.1 Å². The fourth-order valence-electron chi connectivity index (χ4n) is 7.26. The van der Waals surface area contributed by atoms with E-state index in [1.165, 1.54) is 24.9 Å². The van der Waals surface area contributed by atoms with E-state index >= 15 is 0 Å². The molecule has 0 aliphatic heterocycles. The molecule has 4 heterocycles. The maximum Gasteiger partial charge on any atom is 0.137 e.